The van der Waals surface area contributed by atoms with Gasteiger partial charge in [-0.3, -0.25) is 4.79 Å². The molecule has 0 aliphatic heterocycles. The number of halogens is 1. The molecule has 2 atom stereocenters. The van der Waals surface area contributed by atoms with Crippen LogP contribution in [0.4, 0.5) is 4.39 Å². The molecule has 1 aliphatic rings. The van der Waals surface area contributed by atoms with Crippen molar-refractivity contribution in [3.05, 3.63) is 41.5 Å². The van der Waals surface area contributed by atoms with E-state index in [0.717, 1.165) is 29.4 Å². The van der Waals surface area contributed by atoms with Crippen LogP contribution in [0.2, 0.25) is 0 Å². The SMILES string of the molecule is Cc1nnc(S[C@H](C)C(=O)N[C@@H](C)c2ccc(F)cc2)n1C1CC1. The summed E-state index contributed by atoms with van der Waals surface area (Å²) >= 11 is 1.42. The van der Waals surface area contributed by atoms with Crippen LogP contribution < -0.4 is 5.32 Å². The number of amides is 1. The first-order chi connectivity index (χ1) is 11.5. The van der Waals surface area contributed by atoms with Crippen LogP contribution in [0.25, 0.3) is 0 Å². The second-order valence-corrected chi connectivity index (χ2v) is 7.48. The van der Waals surface area contributed by atoms with E-state index in [4.69, 9.17) is 0 Å². The average molecular weight is 348 g/mol. The van der Waals surface area contributed by atoms with Crippen molar-refractivity contribution < 1.29 is 9.18 Å². The van der Waals surface area contributed by atoms with Gasteiger partial charge in [-0.1, -0.05) is 23.9 Å². The number of hydrogen-bond donors (Lipinski definition) is 1. The van der Waals surface area contributed by atoms with Gasteiger partial charge in [-0.2, -0.15) is 0 Å². The van der Waals surface area contributed by atoms with E-state index in [0.29, 0.717) is 6.04 Å². The third-order valence-electron chi connectivity index (χ3n) is 4.13. The lowest BCUT2D eigenvalue weighted by Gasteiger charge is -2.18. The number of aryl methyl sites for hydroxylation is 1. The predicted molar refractivity (Wildman–Crippen MR) is 91.3 cm³/mol. The van der Waals surface area contributed by atoms with Crippen LogP contribution in [0.5, 0.6) is 0 Å². The number of benzene rings is 1. The first kappa shape index (κ1) is 17.0. The number of aromatic nitrogens is 3. The van der Waals surface area contributed by atoms with Crippen molar-refractivity contribution in [1.29, 1.82) is 0 Å². The zero-order chi connectivity index (χ0) is 17.3. The largest absolute Gasteiger partial charge is 0.349 e. The predicted octanol–water partition coefficient (Wildman–Crippen LogP) is 3.42. The molecule has 0 unspecified atom stereocenters. The van der Waals surface area contributed by atoms with Crippen molar-refractivity contribution in [2.45, 2.75) is 56.1 Å². The average Bonchev–Trinajstić information content (AvgIpc) is 3.32. The summed E-state index contributed by atoms with van der Waals surface area (Å²) in [5, 5.41) is 11.8. The molecule has 128 valence electrons. The first-order valence-corrected chi connectivity index (χ1v) is 8.97. The van der Waals surface area contributed by atoms with Gasteiger partial charge in [0.1, 0.15) is 11.6 Å². The Morgan fingerprint density at radius 2 is 1.96 bits per heavy atom. The van der Waals surface area contributed by atoms with E-state index in [1.165, 1.54) is 23.9 Å². The molecule has 1 saturated carbocycles. The van der Waals surface area contributed by atoms with E-state index in [1.807, 2.05) is 20.8 Å². The highest BCUT2D eigenvalue weighted by atomic mass is 32.2. The van der Waals surface area contributed by atoms with Gasteiger partial charge in [-0.25, -0.2) is 4.39 Å². The maximum Gasteiger partial charge on any atom is 0.233 e. The second-order valence-electron chi connectivity index (χ2n) is 6.17. The molecule has 1 aromatic carbocycles. The zero-order valence-corrected chi connectivity index (χ0v) is 14.8. The Morgan fingerprint density at radius 1 is 1.29 bits per heavy atom. The highest BCUT2D eigenvalue weighted by Gasteiger charge is 2.30. The summed E-state index contributed by atoms with van der Waals surface area (Å²) in [5.41, 5.74) is 0.874. The molecular weight excluding hydrogens is 327 g/mol. The van der Waals surface area contributed by atoms with Crippen LogP contribution in [0.15, 0.2) is 29.4 Å². The summed E-state index contributed by atoms with van der Waals surface area (Å²) in [6.45, 7) is 5.69. The van der Waals surface area contributed by atoms with Gasteiger partial charge in [0, 0.05) is 6.04 Å². The summed E-state index contributed by atoms with van der Waals surface area (Å²) in [4.78, 5) is 12.4. The van der Waals surface area contributed by atoms with Crippen LogP contribution in [0, 0.1) is 12.7 Å². The lowest BCUT2D eigenvalue weighted by atomic mass is 10.1. The zero-order valence-electron chi connectivity index (χ0n) is 14.0. The van der Waals surface area contributed by atoms with Crippen LogP contribution in [-0.4, -0.2) is 25.9 Å². The minimum atomic E-state index is -0.283. The normalized spacial score (nSPS) is 16.7. The number of nitrogens with one attached hydrogen (secondary N) is 1. The van der Waals surface area contributed by atoms with E-state index in [1.54, 1.807) is 12.1 Å². The van der Waals surface area contributed by atoms with Crippen molar-refractivity contribution in [3.8, 4) is 0 Å². The van der Waals surface area contributed by atoms with Gasteiger partial charge in [0.25, 0.3) is 0 Å². The van der Waals surface area contributed by atoms with Crippen molar-refractivity contribution in [2.75, 3.05) is 0 Å². The molecule has 5 nitrogen and oxygen atoms in total. The highest BCUT2D eigenvalue weighted by Crippen LogP contribution is 2.39. The third kappa shape index (κ3) is 3.77. The Bertz CT molecular complexity index is 727. The molecular formula is C17H21FN4OS. The smallest absolute Gasteiger partial charge is 0.233 e. The second kappa shape index (κ2) is 6.93. The molecule has 1 amide bonds. The molecule has 24 heavy (non-hydrogen) atoms. The fourth-order valence-electron chi connectivity index (χ4n) is 2.56. The molecule has 1 heterocycles. The van der Waals surface area contributed by atoms with Crippen LogP contribution in [-0.2, 0) is 4.79 Å². The summed E-state index contributed by atoms with van der Waals surface area (Å²) in [7, 11) is 0. The van der Waals surface area contributed by atoms with Crippen molar-refractivity contribution in [1.82, 2.24) is 20.1 Å². The van der Waals surface area contributed by atoms with Gasteiger partial charge < -0.3 is 9.88 Å². The van der Waals surface area contributed by atoms with Crippen molar-refractivity contribution in [2.24, 2.45) is 0 Å². The molecule has 0 radical (unpaired) electrons. The molecule has 1 fully saturated rings. The fourth-order valence-corrected chi connectivity index (χ4v) is 3.53. The number of carbonyl (C=O) groups is 1. The molecule has 1 aromatic heterocycles. The molecule has 2 aromatic rings. The Labute approximate surface area is 145 Å². The van der Waals surface area contributed by atoms with E-state index in [9.17, 15) is 9.18 Å². The lowest BCUT2D eigenvalue weighted by molar-refractivity contribution is -0.120. The number of hydrogen-bond acceptors (Lipinski definition) is 4. The Balaban J connectivity index is 1.61. The summed E-state index contributed by atoms with van der Waals surface area (Å²) < 4.78 is 15.1. The highest BCUT2D eigenvalue weighted by molar-refractivity contribution is 8.00. The standard InChI is InChI=1S/C17H21FN4OS/c1-10(13-4-6-14(18)7-5-13)19-16(23)11(2)24-17-21-20-12(3)22(17)15-8-9-15/h4-7,10-11,15H,8-9H2,1-3H3,(H,19,23)/t10-,11+/m0/s1. The molecule has 3 rings (SSSR count). The molecule has 7 heteroatoms. The van der Waals surface area contributed by atoms with E-state index < -0.39 is 0 Å². The molecule has 1 N–H and O–H groups in total. The van der Waals surface area contributed by atoms with Crippen LogP contribution in [0.3, 0.4) is 0 Å². The fraction of sp³-hybridized carbons (Fsp3) is 0.471. The maximum atomic E-state index is 13.0. The number of thioether (sulfide) groups is 1. The first-order valence-electron chi connectivity index (χ1n) is 8.09. The van der Waals surface area contributed by atoms with Crippen molar-refractivity contribution >= 4 is 17.7 Å². The number of nitrogens with zero attached hydrogens (tertiary/aromatic N) is 3. The minimum Gasteiger partial charge on any atom is -0.349 e. The maximum absolute atomic E-state index is 13.0. The van der Waals surface area contributed by atoms with Crippen LogP contribution >= 0.6 is 11.8 Å². The Morgan fingerprint density at radius 3 is 2.58 bits per heavy atom. The summed E-state index contributed by atoms with van der Waals surface area (Å²) in [5.74, 6) is 0.545. The molecule has 1 aliphatic carbocycles. The van der Waals surface area contributed by atoms with Gasteiger partial charge in [0.05, 0.1) is 11.3 Å². The van der Waals surface area contributed by atoms with Gasteiger partial charge in [-0.15, -0.1) is 10.2 Å². The lowest BCUT2D eigenvalue weighted by Crippen LogP contribution is -2.33. The quantitative estimate of drug-likeness (QED) is 0.813. The number of rotatable bonds is 6. The molecule has 0 saturated heterocycles. The van der Waals surface area contributed by atoms with E-state index in [-0.39, 0.29) is 23.0 Å². The molecule has 0 bridgehead atoms. The van der Waals surface area contributed by atoms with Gasteiger partial charge in [0.15, 0.2) is 5.16 Å². The van der Waals surface area contributed by atoms with Crippen LogP contribution in [0.1, 0.15) is 50.2 Å². The van der Waals surface area contributed by atoms with E-state index in [2.05, 4.69) is 20.1 Å². The summed E-state index contributed by atoms with van der Waals surface area (Å²) in [6.07, 6.45) is 2.29. The van der Waals surface area contributed by atoms with Gasteiger partial charge in [0.2, 0.25) is 5.91 Å². The Hall–Kier alpha value is -1.89. The summed E-state index contributed by atoms with van der Waals surface area (Å²) in [6, 6.07) is 6.48. The van der Waals surface area contributed by atoms with Gasteiger partial charge in [-0.05, 0) is 51.3 Å². The van der Waals surface area contributed by atoms with Gasteiger partial charge >= 0.3 is 0 Å². The van der Waals surface area contributed by atoms with Crippen molar-refractivity contribution in [3.63, 3.8) is 0 Å². The Kier molecular flexibility index (Phi) is 4.89. The van der Waals surface area contributed by atoms with E-state index >= 15 is 0 Å². The third-order valence-corrected chi connectivity index (χ3v) is 5.18. The minimum absolute atomic E-state index is 0.0696. The monoisotopic (exact) mass is 348 g/mol. The molecule has 0 spiro atoms. The topological polar surface area (TPSA) is 59.8 Å². The number of carbonyl (C=O) groups excluding carboxylic acids is 1.